The van der Waals surface area contributed by atoms with Crippen molar-refractivity contribution in [2.45, 2.75) is 50.9 Å². The molecule has 0 saturated carbocycles. The topological polar surface area (TPSA) is 24.9 Å². The van der Waals surface area contributed by atoms with Crippen LogP contribution < -0.4 is 0 Å². The molecule has 0 N–H and O–H groups in total. The first kappa shape index (κ1) is 21.5. The highest BCUT2D eigenvalue weighted by atomic mass is 19.3. The summed E-state index contributed by atoms with van der Waals surface area (Å²) in [4.78, 5) is 4.09. The molecule has 158 valence electrons. The SMILES string of the molecule is FC(F)CC1COCCN1Cc1ccc(CN2CCOCC2CC(F)F)cc1. The molecule has 2 fully saturated rings. The normalized spacial score (nSPS) is 24.9. The molecule has 1 aromatic carbocycles. The van der Waals surface area contributed by atoms with Gasteiger partial charge in [0.25, 0.3) is 0 Å². The zero-order valence-electron chi connectivity index (χ0n) is 15.9. The summed E-state index contributed by atoms with van der Waals surface area (Å²) in [5, 5.41) is 0. The monoisotopic (exact) mass is 404 g/mol. The number of hydrogen-bond donors (Lipinski definition) is 0. The first-order valence-corrected chi connectivity index (χ1v) is 9.79. The molecular formula is C20H28F4N2O2. The highest BCUT2D eigenvalue weighted by Crippen LogP contribution is 2.20. The van der Waals surface area contributed by atoms with Gasteiger partial charge in [-0.25, -0.2) is 17.6 Å². The third-order valence-corrected chi connectivity index (χ3v) is 5.39. The number of hydrogen-bond acceptors (Lipinski definition) is 4. The Labute approximate surface area is 163 Å². The third-order valence-electron chi connectivity index (χ3n) is 5.39. The van der Waals surface area contributed by atoms with Crippen molar-refractivity contribution in [3.63, 3.8) is 0 Å². The number of alkyl halides is 4. The van der Waals surface area contributed by atoms with Crippen LogP contribution in [0.3, 0.4) is 0 Å². The van der Waals surface area contributed by atoms with E-state index in [1.165, 1.54) is 0 Å². The third kappa shape index (κ3) is 6.40. The molecule has 8 heteroatoms. The number of nitrogens with zero attached hydrogens (tertiary/aromatic N) is 2. The summed E-state index contributed by atoms with van der Waals surface area (Å²) in [6, 6.07) is 7.44. The number of halogens is 4. The molecule has 2 aliphatic rings. The Bertz CT molecular complexity index is 537. The summed E-state index contributed by atoms with van der Waals surface area (Å²) >= 11 is 0. The summed E-state index contributed by atoms with van der Waals surface area (Å²) in [6.07, 6.45) is -5.04. The van der Waals surface area contributed by atoms with Crippen LogP contribution in [0.25, 0.3) is 0 Å². The van der Waals surface area contributed by atoms with Gasteiger partial charge >= 0.3 is 0 Å². The lowest BCUT2D eigenvalue weighted by Crippen LogP contribution is -2.46. The predicted molar refractivity (Wildman–Crippen MR) is 97.7 cm³/mol. The summed E-state index contributed by atoms with van der Waals surface area (Å²) < 4.78 is 61.8. The molecule has 2 unspecified atom stereocenters. The van der Waals surface area contributed by atoms with Crippen molar-refractivity contribution in [2.24, 2.45) is 0 Å². The molecular weight excluding hydrogens is 376 g/mol. The minimum atomic E-state index is -2.34. The number of morpholine rings is 2. The molecule has 0 aromatic heterocycles. The molecule has 3 rings (SSSR count). The standard InChI is InChI=1S/C20H28F4N2O2/c21-19(22)9-17-13-27-7-5-25(17)11-15-1-2-16(4-3-15)12-26-6-8-28-14-18(26)10-20(23)24/h1-4,17-20H,5-14H2. The van der Waals surface area contributed by atoms with Gasteiger partial charge in [0, 0.05) is 51.1 Å². The maximum absolute atomic E-state index is 12.8. The average molecular weight is 404 g/mol. The number of ether oxygens (including phenoxy) is 2. The van der Waals surface area contributed by atoms with Gasteiger partial charge in [-0.15, -0.1) is 0 Å². The zero-order chi connectivity index (χ0) is 19.9. The minimum Gasteiger partial charge on any atom is -0.378 e. The molecule has 2 aliphatic heterocycles. The van der Waals surface area contributed by atoms with E-state index in [1.807, 2.05) is 34.1 Å². The van der Waals surface area contributed by atoms with Gasteiger partial charge in [0.05, 0.1) is 26.4 Å². The van der Waals surface area contributed by atoms with Crippen molar-refractivity contribution in [3.8, 4) is 0 Å². The van der Waals surface area contributed by atoms with E-state index < -0.39 is 12.9 Å². The van der Waals surface area contributed by atoms with Crippen LogP contribution in [0.1, 0.15) is 24.0 Å². The summed E-state index contributed by atoms with van der Waals surface area (Å²) in [5.74, 6) is 0. The van der Waals surface area contributed by atoms with E-state index in [-0.39, 0.29) is 24.9 Å². The first-order chi connectivity index (χ1) is 13.5. The van der Waals surface area contributed by atoms with E-state index in [4.69, 9.17) is 9.47 Å². The van der Waals surface area contributed by atoms with Crippen LogP contribution >= 0.6 is 0 Å². The van der Waals surface area contributed by atoms with Crippen molar-refractivity contribution in [3.05, 3.63) is 35.4 Å². The molecule has 1 aromatic rings. The van der Waals surface area contributed by atoms with Gasteiger partial charge in [0.2, 0.25) is 12.9 Å². The smallest absolute Gasteiger partial charge is 0.240 e. The minimum absolute atomic E-state index is 0.180. The zero-order valence-corrected chi connectivity index (χ0v) is 15.9. The van der Waals surface area contributed by atoms with Gasteiger partial charge in [0.1, 0.15) is 0 Å². The molecule has 2 saturated heterocycles. The van der Waals surface area contributed by atoms with Crippen LogP contribution in [-0.2, 0) is 22.6 Å². The van der Waals surface area contributed by atoms with Gasteiger partial charge in [-0.3, -0.25) is 9.80 Å². The molecule has 2 atom stereocenters. The Morgan fingerprint density at radius 2 is 1.14 bits per heavy atom. The quantitative estimate of drug-likeness (QED) is 0.620. The van der Waals surface area contributed by atoms with Gasteiger partial charge < -0.3 is 9.47 Å². The molecule has 0 spiro atoms. The highest BCUT2D eigenvalue weighted by Gasteiger charge is 2.27. The maximum Gasteiger partial charge on any atom is 0.240 e. The summed E-state index contributed by atoms with van der Waals surface area (Å²) in [5.41, 5.74) is 2.10. The van der Waals surface area contributed by atoms with Crippen LogP contribution in [0.2, 0.25) is 0 Å². The molecule has 2 heterocycles. The molecule has 0 amide bonds. The second-order valence-corrected chi connectivity index (χ2v) is 7.47. The molecule has 0 bridgehead atoms. The van der Waals surface area contributed by atoms with Crippen molar-refractivity contribution < 1.29 is 27.0 Å². The van der Waals surface area contributed by atoms with Crippen molar-refractivity contribution in [1.82, 2.24) is 9.80 Å². The second kappa shape index (κ2) is 10.5. The van der Waals surface area contributed by atoms with E-state index >= 15 is 0 Å². The van der Waals surface area contributed by atoms with Crippen LogP contribution in [0.4, 0.5) is 17.6 Å². The van der Waals surface area contributed by atoms with E-state index in [0.29, 0.717) is 52.6 Å². The summed E-state index contributed by atoms with van der Waals surface area (Å²) in [6.45, 7) is 4.28. The molecule has 0 aliphatic carbocycles. The fourth-order valence-electron chi connectivity index (χ4n) is 3.86. The Hall–Kier alpha value is -1.22. The number of rotatable bonds is 8. The van der Waals surface area contributed by atoms with E-state index in [1.54, 1.807) is 0 Å². The second-order valence-electron chi connectivity index (χ2n) is 7.47. The Morgan fingerprint density at radius 1 is 0.750 bits per heavy atom. The fraction of sp³-hybridized carbons (Fsp3) is 0.700. The number of benzene rings is 1. The van der Waals surface area contributed by atoms with Crippen molar-refractivity contribution in [2.75, 3.05) is 39.5 Å². The summed E-state index contributed by atoms with van der Waals surface area (Å²) in [7, 11) is 0. The van der Waals surface area contributed by atoms with Gasteiger partial charge in [-0.1, -0.05) is 24.3 Å². The van der Waals surface area contributed by atoms with E-state index in [9.17, 15) is 17.6 Å². The maximum atomic E-state index is 12.8. The lowest BCUT2D eigenvalue weighted by molar-refractivity contribution is -0.0350. The lowest BCUT2D eigenvalue weighted by Gasteiger charge is -2.36. The van der Waals surface area contributed by atoms with Crippen molar-refractivity contribution >= 4 is 0 Å². The van der Waals surface area contributed by atoms with Crippen molar-refractivity contribution in [1.29, 1.82) is 0 Å². The lowest BCUT2D eigenvalue weighted by atomic mass is 10.1. The predicted octanol–water partition coefficient (Wildman–Crippen LogP) is 3.40. The van der Waals surface area contributed by atoms with E-state index in [2.05, 4.69) is 0 Å². The Morgan fingerprint density at radius 3 is 1.50 bits per heavy atom. The van der Waals surface area contributed by atoms with Crippen LogP contribution in [0, 0.1) is 0 Å². The van der Waals surface area contributed by atoms with Gasteiger partial charge in [-0.05, 0) is 11.1 Å². The molecule has 28 heavy (non-hydrogen) atoms. The molecule has 4 nitrogen and oxygen atoms in total. The largest absolute Gasteiger partial charge is 0.378 e. The molecule has 0 radical (unpaired) electrons. The van der Waals surface area contributed by atoms with Gasteiger partial charge in [0.15, 0.2) is 0 Å². The highest BCUT2D eigenvalue weighted by molar-refractivity contribution is 5.23. The van der Waals surface area contributed by atoms with Crippen LogP contribution in [-0.4, -0.2) is 74.3 Å². The van der Waals surface area contributed by atoms with Crippen LogP contribution in [0.5, 0.6) is 0 Å². The average Bonchev–Trinajstić information content (AvgIpc) is 2.66. The fourth-order valence-corrected chi connectivity index (χ4v) is 3.86. The Balaban J connectivity index is 1.56. The first-order valence-electron chi connectivity index (χ1n) is 9.79. The Kier molecular flexibility index (Phi) is 8.08. The van der Waals surface area contributed by atoms with Crippen LogP contribution in [0.15, 0.2) is 24.3 Å². The van der Waals surface area contributed by atoms with E-state index in [0.717, 1.165) is 11.1 Å². The van der Waals surface area contributed by atoms with Gasteiger partial charge in [-0.2, -0.15) is 0 Å².